The van der Waals surface area contributed by atoms with E-state index in [1.165, 1.54) is 34.9 Å². The van der Waals surface area contributed by atoms with Gasteiger partial charge in [-0.2, -0.15) is 9.30 Å². The minimum atomic E-state index is -3.70. The minimum absolute atomic E-state index is 0.127. The van der Waals surface area contributed by atoms with Crippen molar-refractivity contribution in [3.63, 3.8) is 0 Å². The Kier molecular flexibility index (Phi) is 6.87. The van der Waals surface area contributed by atoms with Gasteiger partial charge < -0.3 is 14.0 Å². The lowest BCUT2D eigenvalue weighted by molar-refractivity contribution is -0.122. The largest absolute Gasteiger partial charge is 0.497 e. The van der Waals surface area contributed by atoms with E-state index in [2.05, 4.69) is 4.99 Å². The average molecular weight is 490 g/mol. The zero-order chi connectivity index (χ0) is 23.6. The van der Waals surface area contributed by atoms with Crippen molar-refractivity contribution in [1.29, 1.82) is 0 Å². The molecular formula is C23H27N3O5S2. The second-order valence-corrected chi connectivity index (χ2v) is 10.7. The highest BCUT2D eigenvalue weighted by Crippen LogP contribution is 2.26. The van der Waals surface area contributed by atoms with Gasteiger partial charge in [0.05, 0.1) is 35.2 Å². The second kappa shape index (κ2) is 9.66. The molecule has 3 aromatic rings. The highest BCUT2D eigenvalue weighted by molar-refractivity contribution is 7.89. The number of rotatable bonds is 6. The Labute approximate surface area is 197 Å². The predicted molar refractivity (Wildman–Crippen MR) is 127 cm³/mol. The Balaban J connectivity index is 1.59. The Morgan fingerprint density at radius 3 is 2.48 bits per heavy atom. The number of aromatic nitrogens is 1. The molecule has 1 aromatic heterocycles. The van der Waals surface area contributed by atoms with Crippen LogP contribution in [-0.2, 0) is 21.4 Å². The number of benzene rings is 2. The normalized spacial score (nSPS) is 17.9. The zero-order valence-corrected chi connectivity index (χ0v) is 20.5. The van der Waals surface area contributed by atoms with Crippen molar-refractivity contribution < 1.29 is 22.7 Å². The molecule has 0 radical (unpaired) electrons. The fourth-order valence-electron chi connectivity index (χ4n) is 4.02. The lowest BCUT2D eigenvalue weighted by Crippen LogP contribution is -2.42. The minimum Gasteiger partial charge on any atom is -0.497 e. The molecule has 0 spiro atoms. The van der Waals surface area contributed by atoms with Gasteiger partial charge in [0.25, 0.3) is 5.91 Å². The first-order chi connectivity index (χ1) is 15.9. The first kappa shape index (κ1) is 23.5. The number of carbonyl (C=O) groups is 1. The van der Waals surface area contributed by atoms with Gasteiger partial charge in [-0.1, -0.05) is 11.3 Å². The fraction of sp³-hybridized carbons (Fsp3) is 0.391. The summed E-state index contributed by atoms with van der Waals surface area (Å²) >= 11 is 1.43. The number of piperidine rings is 1. The van der Waals surface area contributed by atoms with Gasteiger partial charge in [0, 0.05) is 19.6 Å². The molecule has 8 nitrogen and oxygen atoms in total. The van der Waals surface area contributed by atoms with Crippen LogP contribution < -0.4 is 14.3 Å². The molecule has 0 bridgehead atoms. The van der Waals surface area contributed by atoms with Crippen LogP contribution in [0.15, 0.2) is 52.4 Å². The van der Waals surface area contributed by atoms with E-state index < -0.39 is 15.9 Å². The quantitative estimate of drug-likeness (QED) is 0.530. The van der Waals surface area contributed by atoms with Gasteiger partial charge in [-0.05, 0) is 62.2 Å². The van der Waals surface area contributed by atoms with Crippen LogP contribution in [0.4, 0.5) is 0 Å². The summed E-state index contributed by atoms with van der Waals surface area (Å²) in [5.74, 6) is 0.573. The molecule has 4 rings (SSSR count). The molecule has 2 aromatic carbocycles. The molecule has 1 amide bonds. The average Bonchev–Trinajstić information content (AvgIpc) is 3.19. The summed E-state index contributed by atoms with van der Waals surface area (Å²) in [6.45, 7) is 3.18. The van der Waals surface area contributed by atoms with Crippen molar-refractivity contribution in [1.82, 2.24) is 8.87 Å². The molecule has 0 N–H and O–H groups in total. The SMILES string of the molecule is CCn1c(=NC(=O)C2CCCN(S(=O)(=O)c3ccc(OC)cc3)C2)sc2cc(OC)ccc21. The Morgan fingerprint density at radius 2 is 1.82 bits per heavy atom. The van der Waals surface area contributed by atoms with Crippen LogP contribution in [0.1, 0.15) is 19.8 Å². The molecule has 1 unspecified atom stereocenters. The van der Waals surface area contributed by atoms with Gasteiger partial charge in [-0.3, -0.25) is 4.79 Å². The van der Waals surface area contributed by atoms with Gasteiger partial charge in [-0.15, -0.1) is 0 Å². The lowest BCUT2D eigenvalue weighted by Gasteiger charge is -2.30. The highest BCUT2D eigenvalue weighted by atomic mass is 32.2. The van der Waals surface area contributed by atoms with Crippen LogP contribution in [0.2, 0.25) is 0 Å². The standard InChI is InChI=1S/C23H27N3O5S2/c1-4-26-20-12-9-18(31-3)14-21(20)32-23(26)24-22(27)16-6-5-13-25(15-16)33(28,29)19-10-7-17(30-2)8-11-19/h7-12,14,16H,4-6,13,15H2,1-3H3. The summed E-state index contributed by atoms with van der Waals surface area (Å²) in [7, 11) is -0.552. The van der Waals surface area contributed by atoms with Crippen molar-refractivity contribution >= 4 is 37.5 Å². The lowest BCUT2D eigenvalue weighted by atomic mass is 9.99. The molecule has 10 heteroatoms. The number of carbonyl (C=O) groups excluding carboxylic acids is 1. The predicted octanol–water partition coefficient (Wildman–Crippen LogP) is 3.27. The van der Waals surface area contributed by atoms with Crippen molar-refractivity contribution in [3.8, 4) is 11.5 Å². The Bertz CT molecular complexity index is 1330. The smallest absolute Gasteiger partial charge is 0.252 e. The number of fused-ring (bicyclic) bond motifs is 1. The maximum Gasteiger partial charge on any atom is 0.252 e. The second-order valence-electron chi connectivity index (χ2n) is 7.79. The van der Waals surface area contributed by atoms with Gasteiger partial charge in [-0.25, -0.2) is 8.42 Å². The molecule has 176 valence electrons. The third kappa shape index (κ3) is 4.68. The van der Waals surface area contributed by atoms with E-state index in [-0.39, 0.29) is 17.3 Å². The van der Waals surface area contributed by atoms with Crippen LogP contribution in [0.25, 0.3) is 10.2 Å². The number of methoxy groups -OCH3 is 2. The maximum atomic E-state index is 13.1. The van der Waals surface area contributed by atoms with Crippen LogP contribution in [-0.4, -0.2) is 50.5 Å². The fourth-order valence-corrected chi connectivity index (χ4v) is 6.67. The van der Waals surface area contributed by atoms with Crippen molar-refractivity contribution in [2.24, 2.45) is 10.9 Å². The van der Waals surface area contributed by atoms with E-state index in [0.29, 0.717) is 36.5 Å². The summed E-state index contributed by atoms with van der Waals surface area (Å²) in [6, 6.07) is 12.1. The molecule has 1 saturated heterocycles. The van der Waals surface area contributed by atoms with Gasteiger partial charge in [0.2, 0.25) is 10.0 Å². The van der Waals surface area contributed by atoms with E-state index in [9.17, 15) is 13.2 Å². The summed E-state index contributed by atoms with van der Waals surface area (Å²) in [5.41, 5.74) is 0.988. The first-order valence-corrected chi connectivity index (χ1v) is 13.0. The highest BCUT2D eigenvalue weighted by Gasteiger charge is 2.33. The summed E-state index contributed by atoms with van der Waals surface area (Å²) in [4.78, 5) is 18.3. The molecule has 2 heterocycles. The van der Waals surface area contributed by atoms with E-state index in [1.807, 2.05) is 29.7 Å². The summed E-state index contributed by atoms with van der Waals surface area (Å²) in [5, 5.41) is 0. The van der Waals surface area contributed by atoms with E-state index >= 15 is 0 Å². The molecular weight excluding hydrogens is 462 g/mol. The number of hydrogen-bond donors (Lipinski definition) is 0. The van der Waals surface area contributed by atoms with Gasteiger partial charge in [0.1, 0.15) is 11.5 Å². The van der Waals surface area contributed by atoms with Crippen molar-refractivity contribution in [3.05, 3.63) is 47.3 Å². The molecule has 33 heavy (non-hydrogen) atoms. The number of sulfonamides is 1. The number of nitrogens with zero attached hydrogens (tertiary/aromatic N) is 3. The van der Waals surface area contributed by atoms with Crippen molar-refractivity contribution in [2.45, 2.75) is 31.2 Å². The first-order valence-electron chi connectivity index (χ1n) is 10.8. The van der Waals surface area contributed by atoms with Crippen LogP contribution in [0.5, 0.6) is 11.5 Å². The monoisotopic (exact) mass is 489 g/mol. The molecule has 0 saturated carbocycles. The molecule has 1 fully saturated rings. The molecule has 1 aliphatic heterocycles. The van der Waals surface area contributed by atoms with Crippen LogP contribution in [0.3, 0.4) is 0 Å². The number of thiazole rings is 1. The number of aryl methyl sites for hydroxylation is 1. The third-order valence-corrected chi connectivity index (χ3v) is 8.76. The third-order valence-electron chi connectivity index (χ3n) is 5.84. The number of ether oxygens (including phenoxy) is 2. The Morgan fingerprint density at radius 1 is 1.12 bits per heavy atom. The summed E-state index contributed by atoms with van der Waals surface area (Å²) < 4.78 is 41.0. The van der Waals surface area contributed by atoms with E-state index in [0.717, 1.165) is 16.0 Å². The Hall–Kier alpha value is -2.69. The van der Waals surface area contributed by atoms with E-state index in [4.69, 9.17) is 9.47 Å². The van der Waals surface area contributed by atoms with Gasteiger partial charge in [0.15, 0.2) is 4.80 Å². The van der Waals surface area contributed by atoms with E-state index in [1.54, 1.807) is 19.2 Å². The topological polar surface area (TPSA) is 90.2 Å². The number of amides is 1. The van der Waals surface area contributed by atoms with Gasteiger partial charge >= 0.3 is 0 Å². The van der Waals surface area contributed by atoms with Crippen molar-refractivity contribution in [2.75, 3.05) is 27.3 Å². The summed E-state index contributed by atoms with van der Waals surface area (Å²) in [6.07, 6.45) is 1.22. The van der Waals surface area contributed by atoms with Crippen LogP contribution >= 0.6 is 11.3 Å². The zero-order valence-electron chi connectivity index (χ0n) is 18.9. The maximum absolute atomic E-state index is 13.1. The van der Waals surface area contributed by atoms with Crippen LogP contribution in [0, 0.1) is 5.92 Å². The molecule has 1 atom stereocenters. The molecule has 0 aliphatic carbocycles. The molecule has 1 aliphatic rings. The number of hydrogen-bond acceptors (Lipinski definition) is 6.